The summed E-state index contributed by atoms with van der Waals surface area (Å²) in [6, 6.07) is 10.3. The van der Waals surface area contributed by atoms with Crippen LogP contribution < -0.4 is 5.32 Å². The third-order valence-corrected chi connectivity index (χ3v) is 5.09. The Morgan fingerprint density at radius 1 is 1.37 bits per heavy atom. The van der Waals surface area contributed by atoms with Gasteiger partial charge >= 0.3 is 0 Å². The largest absolute Gasteiger partial charge is 0.338 e. The Hall–Kier alpha value is -2.02. The van der Waals surface area contributed by atoms with Crippen molar-refractivity contribution < 1.29 is 9.18 Å². The Morgan fingerprint density at radius 2 is 2.11 bits per heavy atom. The summed E-state index contributed by atoms with van der Waals surface area (Å²) in [7, 11) is 1.80. The zero-order chi connectivity index (χ0) is 18.5. The van der Waals surface area contributed by atoms with Crippen LogP contribution in [0.5, 0.6) is 0 Å². The minimum absolute atomic E-state index is 0. The monoisotopic (exact) mass is 392 g/mol. The molecule has 2 heterocycles. The highest BCUT2D eigenvalue weighted by atomic mass is 35.5. The average molecular weight is 393 g/mol. The molecule has 2 unspecified atom stereocenters. The fourth-order valence-electron chi connectivity index (χ4n) is 3.30. The molecule has 1 aromatic carbocycles. The summed E-state index contributed by atoms with van der Waals surface area (Å²) < 4.78 is 13.1. The molecule has 2 aromatic rings. The number of rotatable bonds is 5. The van der Waals surface area contributed by atoms with Gasteiger partial charge in [-0.05, 0) is 36.2 Å². The van der Waals surface area contributed by atoms with Gasteiger partial charge in [0.25, 0.3) is 0 Å². The lowest BCUT2D eigenvalue weighted by Gasteiger charge is -2.37. The molecule has 146 valence electrons. The van der Waals surface area contributed by atoms with Gasteiger partial charge in [0, 0.05) is 45.1 Å². The average Bonchev–Trinajstić information content (AvgIpc) is 2.68. The van der Waals surface area contributed by atoms with Crippen LogP contribution in [0.25, 0.3) is 0 Å². The van der Waals surface area contributed by atoms with Crippen LogP contribution in [0, 0.1) is 5.82 Å². The lowest BCUT2D eigenvalue weighted by atomic mass is 10.0. The first kappa shape index (κ1) is 21.3. The quantitative estimate of drug-likeness (QED) is 0.850. The van der Waals surface area contributed by atoms with Gasteiger partial charge in [0.2, 0.25) is 5.91 Å². The zero-order valence-corrected chi connectivity index (χ0v) is 16.5. The maximum Gasteiger partial charge on any atom is 0.237 e. The van der Waals surface area contributed by atoms with Crippen LogP contribution in [-0.2, 0) is 4.79 Å². The van der Waals surface area contributed by atoms with Gasteiger partial charge < -0.3 is 10.2 Å². The second-order valence-corrected chi connectivity index (χ2v) is 6.71. The summed E-state index contributed by atoms with van der Waals surface area (Å²) in [4.78, 5) is 21.0. The number of likely N-dealkylation sites (N-methyl/N-ethyl adjacent to an activating group) is 1. The molecule has 7 heteroatoms. The molecule has 1 fully saturated rings. The number of nitrogens with zero attached hydrogens (tertiary/aromatic N) is 3. The minimum Gasteiger partial charge on any atom is -0.338 e. The Labute approximate surface area is 166 Å². The molecule has 2 atom stereocenters. The number of amides is 1. The first-order chi connectivity index (χ1) is 12.6. The molecule has 0 spiro atoms. The van der Waals surface area contributed by atoms with Gasteiger partial charge in [-0.1, -0.05) is 18.2 Å². The van der Waals surface area contributed by atoms with Crippen molar-refractivity contribution in [3.63, 3.8) is 0 Å². The predicted molar refractivity (Wildman–Crippen MR) is 106 cm³/mol. The van der Waals surface area contributed by atoms with E-state index in [2.05, 4.69) is 15.2 Å². The Balaban J connectivity index is 0.00000261. The molecule has 1 aromatic heterocycles. The van der Waals surface area contributed by atoms with Gasteiger partial charge in [-0.25, -0.2) is 4.39 Å². The SMILES string of the molecule is CC(c1ccc(F)cc1)N(C)C(=O)CN1CCNCC1c1cccnc1.Cl. The topological polar surface area (TPSA) is 48.5 Å². The summed E-state index contributed by atoms with van der Waals surface area (Å²) >= 11 is 0. The molecule has 1 saturated heterocycles. The van der Waals surface area contributed by atoms with Gasteiger partial charge in [0.1, 0.15) is 5.82 Å². The van der Waals surface area contributed by atoms with Crippen molar-refractivity contribution in [2.75, 3.05) is 33.2 Å². The van der Waals surface area contributed by atoms with Crippen molar-refractivity contribution in [2.45, 2.75) is 19.0 Å². The maximum absolute atomic E-state index is 13.1. The fourth-order valence-corrected chi connectivity index (χ4v) is 3.30. The van der Waals surface area contributed by atoms with Crippen molar-refractivity contribution in [2.24, 2.45) is 0 Å². The summed E-state index contributed by atoms with van der Waals surface area (Å²) in [5, 5.41) is 3.39. The summed E-state index contributed by atoms with van der Waals surface area (Å²) in [5.41, 5.74) is 2.04. The first-order valence-corrected chi connectivity index (χ1v) is 8.92. The van der Waals surface area contributed by atoms with Gasteiger partial charge in [0.05, 0.1) is 12.6 Å². The lowest BCUT2D eigenvalue weighted by Crippen LogP contribution is -2.50. The van der Waals surface area contributed by atoms with E-state index in [0.29, 0.717) is 6.54 Å². The highest BCUT2D eigenvalue weighted by molar-refractivity contribution is 5.85. The highest BCUT2D eigenvalue weighted by Gasteiger charge is 2.27. The molecule has 0 radical (unpaired) electrons. The number of pyridine rings is 1. The van der Waals surface area contributed by atoms with E-state index in [1.165, 1.54) is 12.1 Å². The predicted octanol–water partition coefficient (Wildman–Crippen LogP) is 2.81. The van der Waals surface area contributed by atoms with Crippen LogP contribution in [0.3, 0.4) is 0 Å². The molecule has 1 aliphatic heterocycles. The molecule has 0 bridgehead atoms. The van der Waals surface area contributed by atoms with Crippen LogP contribution in [0.1, 0.15) is 30.1 Å². The number of carbonyl (C=O) groups is 1. The van der Waals surface area contributed by atoms with E-state index in [0.717, 1.165) is 30.8 Å². The Kier molecular flexibility index (Phi) is 7.71. The Morgan fingerprint density at radius 3 is 2.78 bits per heavy atom. The second kappa shape index (κ2) is 9.78. The summed E-state index contributed by atoms with van der Waals surface area (Å²) in [6.07, 6.45) is 3.62. The van der Waals surface area contributed by atoms with Crippen molar-refractivity contribution in [3.05, 3.63) is 65.7 Å². The van der Waals surface area contributed by atoms with E-state index in [1.807, 2.05) is 25.3 Å². The van der Waals surface area contributed by atoms with Crippen LogP contribution >= 0.6 is 12.4 Å². The molecular weight excluding hydrogens is 367 g/mol. The van der Waals surface area contributed by atoms with Crippen LogP contribution in [0.15, 0.2) is 48.8 Å². The number of halogens is 2. The number of benzene rings is 1. The number of carbonyl (C=O) groups excluding carboxylic acids is 1. The second-order valence-electron chi connectivity index (χ2n) is 6.71. The summed E-state index contributed by atoms with van der Waals surface area (Å²) in [5.74, 6) is -0.215. The first-order valence-electron chi connectivity index (χ1n) is 8.92. The fraction of sp³-hybridized carbons (Fsp3) is 0.400. The van der Waals surface area contributed by atoms with Crippen molar-refractivity contribution in [1.82, 2.24) is 20.1 Å². The molecule has 1 aliphatic rings. The normalized spacial score (nSPS) is 18.4. The number of hydrogen-bond acceptors (Lipinski definition) is 4. The number of hydrogen-bond donors (Lipinski definition) is 1. The Bertz CT molecular complexity index is 729. The number of aromatic nitrogens is 1. The zero-order valence-electron chi connectivity index (χ0n) is 15.6. The van der Waals surface area contributed by atoms with Gasteiger partial charge in [0.15, 0.2) is 0 Å². The van der Waals surface area contributed by atoms with Gasteiger partial charge in [-0.3, -0.25) is 14.7 Å². The van der Waals surface area contributed by atoms with E-state index in [4.69, 9.17) is 0 Å². The number of nitrogens with one attached hydrogen (secondary N) is 1. The van der Waals surface area contributed by atoms with Gasteiger partial charge in [-0.15, -0.1) is 12.4 Å². The smallest absolute Gasteiger partial charge is 0.237 e. The van der Waals surface area contributed by atoms with Gasteiger partial charge in [-0.2, -0.15) is 0 Å². The third kappa shape index (κ3) is 5.25. The molecule has 3 rings (SSSR count). The number of piperazine rings is 1. The lowest BCUT2D eigenvalue weighted by molar-refractivity contribution is -0.133. The van der Waals surface area contributed by atoms with E-state index in [9.17, 15) is 9.18 Å². The third-order valence-electron chi connectivity index (χ3n) is 5.09. The molecular formula is C20H26ClFN4O. The van der Waals surface area contributed by atoms with E-state index >= 15 is 0 Å². The van der Waals surface area contributed by atoms with Crippen molar-refractivity contribution in [3.8, 4) is 0 Å². The van der Waals surface area contributed by atoms with E-state index in [1.54, 1.807) is 30.3 Å². The molecule has 0 saturated carbocycles. The van der Waals surface area contributed by atoms with Crippen molar-refractivity contribution >= 4 is 18.3 Å². The molecule has 27 heavy (non-hydrogen) atoms. The molecule has 5 nitrogen and oxygen atoms in total. The molecule has 1 N–H and O–H groups in total. The van der Waals surface area contributed by atoms with Crippen LogP contribution in [0.2, 0.25) is 0 Å². The van der Waals surface area contributed by atoms with Crippen LogP contribution in [0.4, 0.5) is 4.39 Å². The maximum atomic E-state index is 13.1. The minimum atomic E-state index is -0.268. The standard InChI is InChI=1S/C20H25FN4O.ClH/c1-15(16-5-7-18(21)8-6-16)24(2)20(26)14-25-11-10-23-13-19(25)17-4-3-9-22-12-17;/h3-9,12,15,19,23H,10-11,13-14H2,1-2H3;1H. The van der Waals surface area contributed by atoms with E-state index < -0.39 is 0 Å². The van der Waals surface area contributed by atoms with Crippen molar-refractivity contribution in [1.29, 1.82) is 0 Å². The molecule has 0 aliphatic carbocycles. The highest BCUT2D eigenvalue weighted by Crippen LogP contribution is 2.23. The van der Waals surface area contributed by atoms with E-state index in [-0.39, 0.29) is 36.2 Å². The summed E-state index contributed by atoms with van der Waals surface area (Å²) in [6.45, 7) is 4.78. The molecule has 1 amide bonds. The van der Waals surface area contributed by atoms with Crippen LogP contribution in [-0.4, -0.2) is 53.9 Å².